The van der Waals surface area contributed by atoms with Crippen molar-refractivity contribution in [3.05, 3.63) is 30.1 Å². The van der Waals surface area contributed by atoms with E-state index in [2.05, 4.69) is 45.0 Å². The number of aryl methyl sites for hydroxylation is 1. The molecule has 4 nitrogen and oxygen atoms in total. The smallest absolute Gasteiger partial charge is 0.156 e. The van der Waals surface area contributed by atoms with E-state index in [1.807, 2.05) is 11.8 Å². The van der Waals surface area contributed by atoms with E-state index in [9.17, 15) is 0 Å². The summed E-state index contributed by atoms with van der Waals surface area (Å²) in [6.45, 7) is 4.23. The van der Waals surface area contributed by atoms with Crippen LogP contribution in [0.25, 0.3) is 21.9 Å². The van der Waals surface area contributed by atoms with Gasteiger partial charge in [-0.2, -0.15) is 11.8 Å². The summed E-state index contributed by atoms with van der Waals surface area (Å²) >= 11 is 2.01. The van der Waals surface area contributed by atoms with Crippen LogP contribution < -0.4 is 4.90 Å². The Labute approximate surface area is 121 Å². The van der Waals surface area contributed by atoms with E-state index in [1.165, 1.54) is 22.5 Å². The van der Waals surface area contributed by atoms with E-state index < -0.39 is 0 Å². The summed E-state index contributed by atoms with van der Waals surface area (Å²) in [6, 6.07) is 6.45. The number of benzene rings is 1. The van der Waals surface area contributed by atoms with Crippen LogP contribution >= 0.6 is 11.8 Å². The number of nitrogens with zero attached hydrogens (tertiary/aromatic N) is 3. The van der Waals surface area contributed by atoms with Gasteiger partial charge in [-0.3, -0.25) is 0 Å². The number of fused-ring (bicyclic) bond motifs is 3. The van der Waals surface area contributed by atoms with Gasteiger partial charge in [0, 0.05) is 35.5 Å². The Kier molecular flexibility index (Phi) is 2.80. The summed E-state index contributed by atoms with van der Waals surface area (Å²) in [7, 11) is 0. The third-order valence-electron chi connectivity index (χ3n) is 3.83. The average molecular weight is 284 g/mol. The summed E-state index contributed by atoms with van der Waals surface area (Å²) in [4.78, 5) is 14.9. The van der Waals surface area contributed by atoms with Gasteiger partial charge >= 0.3 is 0 Å². The molecule has 1 aliphatic rings. The van der Waals surface area contributed by atoms with Gasteiger partial charge in [-0.25, -0.2) is 9.97 Å². The summed E-state index contributed by atoms with van der Waals surface area (Å²) in [5, 5.41) is 1.19. The van der Waals surface area contributed by atoms with Crippen LogP contribution in [-0.2, 0) is 0 Å². The zero-order chi connectivity index (χ0) is 13.5. The number of H-pyrrole nitrogens is 1. The zero-order valence-corrected chi connectivity index (χ0v) is 12.2. The third-order valence-corrected chi connectivity index (χ3v) is 4.77. The quantitative estimate of drug-likeness (QED) is 0.746. The van der Waals surface area contributed by atoms with E-state index in [0.29, 0.717) is 0 Å². The predicted octanol–water partition coefficient (Wildman–Crippen LogP) is 2.97. The molecule has 1 fully saturated rings. The van der Waals surface area contributed by atoms with Crippen molar-refractivity contribution in [2.45, 2.75) is 6.92 Å². The van der Waals surface area contributed by atoms with E-state index >= 15 is 0 Å². The molecule has 0 amide bonds. The fraction of sp³-hybridized carbons (Fsp3) is 0.333. The molecule has 1 aliphatic heterocycles. The van der Waals surface area contributed by atoms with Crippen LogP contribution in [0.5, 0.6) is 0 Å². The van der Waals surface area contributed by atoms with Crippen LogP contribution in [0.3, 0.4) is 0 Å². The molecule has 5 heteroatoms. The fourth-order valence-corrected chi connectivity index (χ4v) is 3.71. The molecule has 0 aliphatic carbocycles. The second kappa shape index (κ2) is 4.66. The Morgan fingerprint density at radius 2 is 2.05 bits per heavy atom. The summed E-state index contributed by atoms with van der Waals surface area (Å²) in [5.41, 5.74) is 4.50. The first-order valence-corrected chi connectivity index (χ1v) is 8.04. The predicted molar refractivity (Wildman–Crippen MR) is 85.7 cm³/mol. The zero-order valence-electron chi connectivity index (χ0n) is 11.4. The lowest BCUT2D eigenvalue weighted by Gasteiger charge is -2.27. The molecule has 0 atom stereocenters. The minimum Gasteiger partial charge on any atom is -0.353 e. The van der Waals surface area contributed by atoms with Crippen LogP contribution in [0.1, 0.15) is 5.56 Å². The van der Waals surface area contributed by atoms with Gasteiger partial charge in [-0.15, -0.1) is 0 Å². The molecule has 0 spiro atoms. The number of nitrogens with one attached hydrogen (secondary N) is 1. The van der Waals surface area contributed by atoms with Crippen LogP contribution in [0, 0.1) is 6.92 Å². The number of hydrogen-bond donors (Lipinski definition) is 1. The maximum atomic E-state index is 4.52. The summed E-state index contributed by atoms with van der Waals surface area (Å²) in [5.74, 6) is 3.39. The number of hydrogen-bond acceptors (Lipinski definition) is 4. The molecule has 2 aromatic heterocycles. The van der Waals surface area contributed by atoms with Crippen molar-refractivity contribution in [1.29, 1.82) is 0 Å². The first-order chi connectivity index (χ1) is 9.83. The van der Waals surface area contributed by atoms with Crippen LogP contribution in [0.2, 0.25) is 0 Å². The van der Waals surface area contributed by atoms with Crippen LogP contribution in [-0.4, -0.2) is 39.5 Å². The second-order valence-electron chi connectivity index (χ2n) is 5.19. The first-order valence-electron chi connectivity index (χ1n) is 6.89. The van der Waals surface area contributed by atoms with Crippen LogP contribution in [0.15, 0.2) is 24.5 Å². The molecular weight excluding hydrogens is 268 g/mol. The largest absolute Gasteiger partial charge is 0.353 e. The Hall–Kier alpha value is -1.75. The standard InChI is InChI=1S/C15H16N4S/c1-10-2-3-12-11(8-10)13-14(18-12)15(17-9-16-13)19-4-6-20-7-5-19/h2-3,8-9,18H,4-7H2,1H3. The van der Waals surface area contributed by atoms with Crippen molar-refractivity contribution in [3.8, 4) is 0 Å². The average Bonchev–Trinajstić information content (AvgIpc) is 2.86. The molecule has 102 valence electrons. The van der Waals surface area contributed by atoms with Gasteiger partial charge < -0.3 is 9.88 Å². The van der Waals surface area contributed by atoms with Gasteiger partial charge in [0.25, 0.3) is 0 Å². The topological polar surface area (TPSA) is 44.8 Å². The molecule has 0 radical (unpaired) electrons. The number of aromatic nitrogens is 3. The third kappa shape index (κ3) is 1.85. The number of thioether (sulfide) groups is 1. The highest BCUT2D eigenvalue weighted by molar-refractivity contribution is 7.99. The monoisotopic (exact) mass is 284 g/mol. The maximum Gasteiger partial charge on any atom is 0.156 e. The van der Waals surface area contributed by atoms with Crippen molar-refractivity contribution in [2.24, 2.45) is 0 Å². The lowest BCUT2D eigenvalue weighted by molar-refractivity contribution is 0.841. The summed E-state index contributed by atoms with van der Waals surface area (Å²) < 4.78 is 0. The number of aromatic amines is 1. The Morgan fingerprint density at radius 3 is 2.90 bits per heavy atom. The molecule has 0 bridgehead atoms. The van der Waals surface area contributed by atoms with E-state index in [1.54, 1.807) is 6.33 Å². The Morgan fingerprint density at radius 1 is 1.20 bits per heavy atom. The van der Waals surface area contributed by atoms with Gasteiger partial charge in [0.05, 0.1) is 0 Å². The first kappa shape index (κ1) is 12.0. The SMILES string of the molecule is Cc1ccc2[nH]c3c(N4CCSCC4)ncnc3c2c1. The highest BCUT2D eigenvalue weighted by Gasteiger charge is 2.18. The highest BCUT2D eigenvalue weighted by Crippen LogP contribution is 2.30. The van der Waals surface area contributed by atoms with E-state index in [4.69, 9.17) is 0 Å². The van der Waals surface area contributed by atoms with Gasteiger partial charge in [0.1, 0.15) is 17.4 Å². The second-order valence-corrected chi connectivity index (χ2v) is 6.42. The number of rotatable bonds is 1. The minimum atomic E-state index is 1.03. The van der Waals surface area contributed by atoms with Gasteiger partial charge in [-0.1, -0.05) is 11.6 Å². The van der Waals surface area contributed by atoms with Crippen molar-refractivity contribution in [1.82, 2.24) is 15.0 Å². The molecule has 0 saturated carbocycles. The molecule has 1 saturated heterocycles. The highest BCUT2D eigenvalue weighted by atomic mass is 32.2. The molecule has 3 aromatic rings. The fourth-order valence-electron chi connectivity index (χ4n) is 2.81. The molecular formula is C15H16N4S. The van der Waals surface area contributed by atoms with E-state index in [-0.39, 0.29) is 0 Å². The van der Waals surface area contributed by atoms with Crippen molar-refractivity contribution in [2.75, 3.05) is 29.5 Å². The molecule has 3 heterocycles. The minimum absolute atomic E-state index is 1.03. The molecule has 20 heavy (non-hydrogen) atoms. The number of anilines is 1. The van der Waals surface area contributed by atoms with Crippen molar-refractivity contribution >= 4 is 39.5 Å². The lowest BCUT2D eigenvalue weighted by atomic mass is 10.1. The Balaban J connectivity index is 1.95. The summed E-state index contributed by atoms with van der Waals surface area (Å²) in [6.07, 6.45) is 1.69. The van der Waals surface area contributed by atoms with Crippen molar-refractivity contribution < 1.29 is 0 Å². The van der Waals surface area contributed by atoms with Crippen LogP contribution in [0.4, 0.5) is 5.82 Å². The molecule has 1 aromatic carbocycles. The Bertz CT molecular complexity index is 774. The van der Waals surface area contributed by atoms with Gasteiger partial charge in [0.2, 0.25) is 0 Å². The lowest BCUT2D eigenvalue weighted by Crippen LogP contribution is -2.33. The normalized spacial score (nSPS) is 16.1. The van der Waals surface area contributed by atoms with E-state index in [0.717, 1.165) is 35.5 Å². The van der Waals surface area contributed by atoms with Gasteiger partial charge in [0.15, 0.2) is 5.82 Å². The molecule has 4 rings (SSSR count). The molecule has 1 N–H and O–H groups in total. The van der Waals surface area contributed by atoms with Gasteiger partial charge in [-0.05, 0) is 19.1 Å². The maximum absolute atomic E-state index is 4.52. The van der Waals surface area contributed by atoms with Crippen molar-refractivity contribution in [3.63, 3.8) is 0 Å². The molecule has 0 unspecified atom stereocenters.